The maximum atomic E-state index is 13.1. The van der Waals surface area contributed by atoms with Crippen LogP contribution in [-0.2, 0) is 34.0 Å². The summed E-state index contributed by atoms with van der Waals surface area (Å²) in [7, 11) is 0. The predicted octanol–water partition coefficient (Wildman–Crippen LogP) is 1.86. The number of imide groups is 1. The first kappa shape index (κ1) is 13.5. The van der Waals surface area contributed by atoms with Crippen LogP contribution in [0.25, 0.3) is 0 Å². The molecular weight excluding hydrogens is 422 g/mol. The Morgan fingerprint density at radius 2 is 1.85 bits per heavy atom. The number of nitrogens with one attached hydrogen (secondary N) is 1. The Morgan fingerprint density at radius 3 is 2.61 bits per heavy atom. The maximum Gasteiger partial charge on any atom is 0.255 e. The molecule has 0 spiro atoms. The molecule has 1 N–H and O–H groups in total. The molecule has 0 unspecified atom stereocenters. The number of carbonyl (C=O) groups excluding carboxylic acids is 3. The molecule has 33 heavy (non-hydrogen) atoms. The predicted molar refractivity (Wildman–Crippen MR) is 119 cm³/mol. The summed E-state index contributed by atoms with van der Waals surface area (Å²) in [6, 6.07) is 9.28. The van der Waals surface area contributed by atoms with Gasteiger partial charge in [-0.25, -0.2) is 0 Å². The number of carbonyl (C=O) groups is 3. The van der Waals surface area contributed by atoms with Crippen LogP contribution in [0.2, 0.25) is 0 Å². The Kier molecular flexibility index (Phi) is 3.81. The molecule has 0 saturated carbocycles. The molecule has 2 fully saturated rings. The fraction of sp³-hybridized carbons (Fsp3) is 0.400. The van der Waals surface area contributed by atoms with E-state index in [0.29, 0.717) is 27.3 Å². The van der Waals surface area contributed by atoms with E-state index >= 15 is 0 Å². The third-order valence-corrected chi connectivity index (χ3v) is 5.58. The molecule has 8 heteroatoms. The van der Waals surface area contributed by atoms with E-state index in [4.69, 9.17) is 17.1 Å². The van der Waals surface area contributed by atoms with Gasteiger partial charge in [-0.15, -0.1) is 0 Å². The normalized spacial score (nSPS) is 33.5. The summed E-state index contributed by atoms with van der Waals surface area (Å²) < 4.78 is 83.0. The number of morpholine rings is 1. The van der Waals surface area contributed by atoms with Crippen LogP contribution in [0, 0.1) is 0 Å². The lowest BCUT2D eigenvalue weighted by atomic mass is 10.0. The molecule has 0 radical (unpaired) electrons. The molecule has 2 aromatic rings. The highest BCUT2D eigenvalue weighted by atomic mass is 16.5. The quantitative estimate of drug-likeness (QED) is 0.665. The highest BCUT2D eigenvalue weighted by Crippen LogP contribution is 2.34. The number of amides is 3. The van der Waals surface area contributed by atoms with Crippen LogP contribution < -0.4 is 10.1 Å². The molecule has 0 aromatic heterocycles. The van der Waals surface area contributed by atoms with Gasteiger partial charge in [-0.2, -0.15) is 0 Å². The van der Waals surface area contributed by atoms with Gasteiger partial charge in [-0.05, 0) is 29.7 Å². The Bertz CT molecular complexity index is 1430. The molecule has 8 nitrogen and oxygen atoms in total. The Hall–Kier alpha value is -3.23. The Labute approximate surface area is 205 Å². The molecular formula is C25H27N3O5. The molecule has 3 amide bonds. The summed E-state index contributed by atoms with van der Waals surface area (Å²) >= 11 is 0. The summed E-state index contributed by atoms with van der Waals surface area (Å²) in [5.74, 6) is -1.50. The van der Waals surface area contributed by atoms with Gasteiger partial charge in [0.2, 0.25) is 11.8 Å². The van der Waals surface area contributed by atoms with Gasteiger partial charge >= 0.3 is 0 Å². The van der Waals surface area contributed by atoms with E-state index in [1.165, 1.54) is 0 Å². The van der Waals surface area contributed by atoms with Gasteiger partial charge in [0.15, 0.2) is 0 Å². The van der Waals surface area contributed by atoms with Crippen molar-refractivity contribution < 1.29 is 36.2 Å². The topological polar surface area (TPSA) is 88.2 Å². The van der Waals surface area contributed by atoms with Crippen LogP contribution >= 0.6 is 0 Å². The van der Waals surface area contributed by atoms with Crippen LogP contribution in [-0.4, -0.2) is 59.7 Å². The van der Waals surface area contributed by atoms with E-state index in [2.05, 4.69) is 10.1 Å². The number of hydrogen-bond donors (Lipinski definition) is 1. The zero-order valence-electron chi connectivity index (χ0n) is 26.5. The molecule has 3 aliphatic heterocycles. The summed E-state index contributed by atoms with van der Waals surface area (Å²) in [4.78, 5) is 38.7. The highest BCUT2D eigenvalue weighted by Gasteiger charge is 2.40. The number of hydrogen-bond acceptors (Lipinski definition) is 6. The third-order valence-electron chi connectivity index (χ3n) is 5.58. The van der Waals surface area contributed by atoms with Gasteiger partial charge in [-0.3, -0.25) is 24.6 Å². The van der Waals surface area contributed by atoms with Crippen molar-refractivity contribution in [3.8, 4) is 5.75 Å². The second-order valence-corrected chi connectivity index (χ2v) is 7.72. The minimum atomic E-state index is -3.12. The fourth-order valence-corrected chi connectivity index (χ4v) is 3.89. The summed E-state index contributed by atoms with van der Waals surface area (Å²) in [5.41, 5.74) is 1.81. The second kappa shape index (κ2) is 9.33. The van der Waals surface area contributed by atoms with E-state index in [9.17, 15) is 14.4 Å². The Morgan fingerprint density at radius 1 is 1.09 bits per heavy atom. The van der Waals surface area contributed by atoms with Crippen molar-refractivity contribution in [2.24, 2.45) is 0 Å². The number of fused-ring (bicyclic) bond motifs is 1. The molecule has 5 rings (SSSR count). The number of nitrogens with zero attached hydrogens (tertiary/aromatic N) is 2. The molecule has 2 saturated heterocycles. The van der Waals surface area contributed by atoms with Crippen LogP contribution in [0.1, 0.15) is 52.2 Å². The molecule has 3 heterocycles. The Balaban J connectivity index is 1.29. The summed E-state index contributed by atoms with van der Waals surface area (Å²) in [6.45, 7) is -12.7. The van der Waals surface area contributed by atoms with E-state index in [0.717, 1.165) is 4.90 Å². The smallest absolute Gasteiger partial charge is 0.255 e. The first-order valence-corrected chi connectivity index (χ1v) is 10.4. The van der Waals surface area contributed by atoms with E-state index in [1.54, 1.807) is 42.5 Å². The number of rotatable bonds is 6. The van der Waals surface area contributed by atoms with Crippen LogP contribution in [0.5, 0.6) is 5.75 Å². The molecule has 2 aromatic carbocycles. The first-order valence-electron chi connectivity index (χ1n) is 14.9. The van der Waals surface area contributed by atoms with Gasteiger partial charge in [0.1, 0.15) is 18.4 Å². The average Bonchev–Trinajstić information content (AvgIpc) is 3.25. The van der Waals surface area contributed by atoms with Gasteiger partial charge in [-0.1, -0.05) is 30.3 Å². The number of piperidine rings is 1. The largest absolute Gasteiger partial charge is 0.489 e. The van der Waals surface area contributed by atoms with E-state index in [1.807, 2.05) is 0 Å². The van der Waals surface area contributed by atoms with E-state index < -0.39 is 56.4 Å². The zero-order valence-corrected chi connectivity index (χ0v) is 17.5. The zero-order chi connectivity index (χ0) is 30.9. The lowest BCUT2D eigenvalue weighted by Crippen LogP contribution is -2.52. The first-order chi connectivity index (χ1) is 19.4. The number of benzene rings is 2. The molecule has 0 aliphatic carbocycles. The standard InChI is InChI=1S/C25H27N3O5/c29-23-9-8-21(24(30)26-23)28-15-20-19(25(28)31)2-1-3-22(20)33-16-18-6-4-17(5-7-18)14-27-10-12-32-13-11-27/h1-7,21H,8-16H2,(H,26,29,30)/t21-/m1/s1/i10D2,11D2,12D2,13D2,21D. The van der Waals surface area contributed by atoms with Crippen molar-refractivity contribution in [2.75, 3.05) is 26.1 Å². The average molecular weight is 459 g/mol. The molecule has 3 aliphatic rings. The number of ether oxygens (including phenoxy) is 2. The highest BCUT2D eigenvalue weighted by molar-refractivity contribution is 6.05. The van der Waals surface area contributed by atoms with Crippen molar-refractivity contribution in [3.63, 3.8) is 0 Å². The van der Waals surface area contributed by atoms with Crippen LogP contribution in [0.3, 0.4) is 0 Å². The second-order valence-electron chi connectivity index (χ2n) is 7.72. The van der Waals surface area contributed by atoms with Gasteiger partial charge in [0.25, 0.3) is 5.91 Å². The minimum absolute atomic E-state index is 0.0379. The van der Waals surface area contributed by atoms with Crippen molar-refractivity contribution in [3.05, 3.63) is 64.7 Å². The van der Waals surface area contributed by atoms with Crippen LogP contribution in [0.4, 0.5) is 0 Å². The van der Waals surface area contributed by atoms with Crippen molar-refractivity contribution >= 4 is 17.7 Å². The summed E-state index contributed by atoms with van der Waals surface area (Å²) in [5, 5.41) is 2.12. The lowest BCUT2D eigenvalue weighted by molar-refractivity contribution is -0.136. The van der Waals surface area contributed by atoms with E-state index in [-0.39, 0.29) is 31.6 Å². The van der Waals surface area contributed by atoms with Crippen LogP contribution in [0.15, 0.2) is 42.5 Å². The fourth-order valence-electron chi connectivity index (χ4n) is 3.89. The molecule has 172 valence electrons. The lowest BCUT2D eigenvalue weighted by Gasteiger charge is -2.29. The maximum absolute atomic E-state index is 13.1. The van der Waals surface area contributed by atoms with Gasteiger partial charge in [0.05, 0.1) is 26.5 Å². The van der Waals surface area contributed by atoms with Gasteiger partial charge in [0, 0.05) is 42.6 Å². The minimum Gasteiger partial charge on any atom is -0.489 e. The summed E-state index contributed by atoms with van der Waals surface area (Å²) in [6.07, 6.45) is -0.182. The third kappa shape index (κ3) is 4.62. The van der Waals surface area contributed by atoms with Crippen molar-refractivity contribution in [2.45, 2.75) is 38.6 Å². The molecule has 1 atom stereocenters. The van der Waals surface area contributed by atoms with Crippen molar-refractivity contribution in [1.29, 1.82) is 0 Å². The van der Waals surface area contributed by atoms with Crippen molar-refractivity contribution in [1.82, 2.24) is 15.1 Å². The SMILES string of the molecule is [2H]C1([2H])OC([2H])([2H])C([2H])([2H])N(Cc2ccc(COc3cccc4c3CN([C@]3([2H])CCC(=O)NC3=O)C4=O)cc2)C1([2H])[2H]. The van der Waals surface area contributed by atoms with Gasteiger partial charge < -0.3 is 14.4 Å². The monoisotopic (exact) mass is 458 g/mol. The molecule has 0 bridgehead atoms.